The number of hydrazine groups is 1. The Balaban J connectivity index is 1.64. The number of alkyl halides is 3. The number of hydrogen-bond acceptors (Lipinski definition) is 4. The molecule has 1 saturated carbocycles. The zero-order valence-electron chi connectivity index (χ0n) is 15.4. The Labute approximate surface area is 163 Å². The summed E-state index contributed by atoms with van der Waals surface area (Å²) in [5.41, 5.74) is 8.23. The van der Waals surface area contributed by atoms with Gasteiger partial charge in [0.15, 0.2) is 0 Å². The van der Waals surface area contributed by atoms with E-state index in [1.807, 2.05) is 16.8 Å². The summed E-state index contributed by atoms with van der Waals surface area (Å²) in [5, 5.41) is 0.936. The highest BCUT2D eigenvalue weighted by Crippen LogP contribution is 2.38. The van der Waals surface area contributed by atoms with Gasteiger partial charge in [-0.25, -0.2) is 0 Å². The van der Waals surface area contributed by atoms with Crippen LogP contribution in [0.25, 0.3) is 16.6 Å². The number of rotatable bonds is 4. The van der Waals surface area contributed by atoms with E-state index in [0.717, 1.165) is 36.9 Å². The quantitative estimate of drug-likeness (QED) is 0.701. The molecule has 6 nitrogen and oxygen atoms in total. The standard InChI is InChI=1S/C20H19F3N4O2/c21-20(22,23)29-15-5-3-14(4-6-15)27-11-17(12-9-24-25-10-12)16-7-8-26(13-1-2-13)18(16)19(27)28/h3-8,11-13,24-25H,1-2,9-10H2. The van der Waals surface area contributed by atoms with Crippen molar-refractivity contribution in [2.24, 2.45) is 0 Å². The summed E-state index contributed by atoms with van der Waals surface area (Å²) in [4.78, 5) is 13.3. The zero-order valence-corrected chi connectivity index (χ0v) is 15.4. The number of aromatic nitrogens is 2. The predicted molar refractivity (Wildman–Crippen MR) is 101 cm³/mol. The minimum Gasteiger partial charge on any atom is -0.406 e. The zero-order chi connectivity index (χ0) is 20.2. The summed E-state index contributed by atoms with van der Waals surface area (Å²) in [7, 11) is 0. The van der Waals surface area contributed by atoms with E-state index in [1.165, 1.54) is 28.8 Å². The lowest BCUT2D eigenvalue weighted by atomic mass is 9.98. The Morgan fingerprint density at radius 3 is 2.34 bits per heavy atom. The van der Waals surface area contributed by atoms with Gasteiger partial charge in [0.1, 0.15) is 11.3 Å². The first-order valence-corrected chi connectivity index (χ1v) is 9.49. The van der Waals surface area contributed by atoms with E-state index in [9.17, 15) is 18.0 Å². The molecule has 2 fully saturated rings. The maximum absolute atomic E-state index is 13.3. The van der Waals surface area contributed by atoms with E-state index in [4.69, 9.17) is 0 Å². The Bertz CT molecular complexity index is 1110. The lowest BCUT2D eigenvalue weighted by Gasteiger charge is -2.16. The minimum absolute atomic E-state index is 0.177. The van der Waals surface area contributed by atoms with E-state index in [1.54, 1.807) is 6.20 Å². The molecule has 2 aliphatic rings. The van der Waals surface area contributed by atoms with Gasteiger partial charge in [-0.3, -0.25) is 20.2 Å². The lowest BCUT2D eigenvalue weighted by Crippen LogP contribution is -2.22. The van der Waals surface area contributed by atoms with E-state index in [-0.39, 0.29) is 17.2 Å². The van der Waals surface area contributed by atoms with Crippen LogP contribution in [0.4, 0.5) is 13.2 Å². The average Bonchev–Trinajstić information content (AvgIpc) is 3.18. The molecule has 1 aromatic carbocycles. The maximum Gasteiger partial charge on any atom is 0.573 e. The van der Waals surface area contributed by atoms with Crippen LogP contribution in [0.2, 0.25) is 0 Å². The second kappa shape index (κ2) is 6.64. The molecule has 3 heterocycles. The number of ether oxygens (including phenoxy) is 1. The number of pyridine rings is 1. The van der Waals surface area contributed by atoms with Gasteiger partial charge < -0.3 is 9.30 Å². The van der Waals surface area contributed by atoms with E-state index in [2.05, 4.69) is 15.6 Å². The molecule has 0 bridgehead atoms. The molecule has 29 heavy (non-hydrogen) atoms. The number of benzene rings is 1. The van der Waals surface area contributed by atoms with E-state index in [0.29, 0.717) is 17.2 Å². The molecule has 1 aliphatic carbocycles. The van der Waals surface area contributed by atoms with Crippen LogP contribution in [-0.4, -0.2) is 28.6 Å². The Kier molecular flexibility index (Phi) is 4.18. The number of hydrogen-bond donors (Lipinski definition) is 2. The van der Waals surface area contributed by atoms with Gasteiger partial charge in [-0.2, -0.15) is 0 Å². The van der Waals surface area contributed by atoms with Crippen LogP contribution in [-0.2, 0) is 0 Å². The van der Waals surface area contributed by atoms with Crippen LogP contribution >= 0.6 is 0 Å². The predicted octanol–water partition coefficient (Wildman–Crippen LogP) is 3.22. The lowest BCUT2D eigenvalue weighted by molar-refractivity contribution is -0.274. The van der Waals surface area contributed by atoms with Crippen molar-refractivity contribution in [2.45, 2.75) is 31.2 Å². The van der Waals surface area contributed by atoms with Crippen molar-refractivity contribution >= 4 is 10.9 Å². The van der Waals surface area contributed by atoms with Gasteiger partial charge in [-0.05, 0) is 48.7 Å². The summed E-state index contributed by atoms with van der Waals surface area (Å²) >= 11 is 0. The molecular weight excluding hydrogens is 385 g/mol. The number of nitrogens with zero attached hydrogens (tertiary/aromatic N) is 2. The second-order valence-electron chi connectivity index (χ2n) is 7.48. The monoisotopic (exact) mass is 404 g/mol. The van der Waals surface area contributed by atoms with Gasteiger partial charge in [-0.1, -0.05) is 0 Å². The Morgan fingerprint density at radius 2 is 1.72 bits per heavy atom. The summed E-state index contributed by atoms with van der Waals surface area (Å²) < 4.78 is 44.8. The van der Waals surface area contributed by atoms with Gasteiger partial charge in [0.2, 0.25) is 0 Å². The van der Waals surface area contributed by atoms with Crippen LogP contribution in [0.15, 0.2) is 47.5 Å². The van der Waals surface area contributed by atoms with E-state index >= 15 is 0 Å². The molecule has 5 rings (SSSR count). The topological polar surface area (TPSA) is 60.2 Å². The first kappa shape index (κ1) is 18.3. The second-order valence-corrected chi connectivity index (χ2v) is 7.48. The van der Waals surface area contributed by atoms with Crippen LogP contribution in [0, 0.1) is 0 Å². The van der Waals surface area contributed by atoms with Crippen molar-refractivity contribution in [1.29, 1.82) is 0 Å². The van der Waals surface area contributed by atoms with E-state index < -0.39 is 6.36 Å². The van der Waals surface area contributed by atoms with Gasteiger partial charge in [-0.15, -0.1) is 13.2 Å². The van der Waals surface area contributed by atoms with Crippen molar-refractivity contribution in [3.8, 4) is 11.4 Å². The molecule has 0 amide bonds. The summed E-state index contributed by atoms with van der Waals surface area (Å²) in [5.74, 6) is -0.131. The highest BCUT2D eigenvalue weighted by atomic mass is 19.4. The van der Waals surface area contributed by atoms with Crippen molar-refractivity contribution in [2.75, 3.05) is 13.1 Å². The normalized spacial score (nSPS) is 17.9. The molecule has 0 spiro atoms. The van der Waals surface area contributed by atoms with Crippen molar-refractivity contribution < 1.29 is 17.9 Å². The molecule has 0 unspecified atom stereocenters. The highest BCUT2D eigenvalue weighted by Gasteiger charge is 2.31. The molecule has 3 aromatic rings. The molecule has 2 aromatic heterocycles. The Hall–Kier alpha value is -2.78. The van der Waals surface area contributed by atoms with Crippen LogP contribution < -0.4 is 21.1 Å². The minimum atomic E-state index is -4.75. The summed E-state index contributed by atoms with van der Waals surface area (Å²) in [6.07, 6.45) is 1.11. The molecule has 1 saturated heterocycles. The molecule has 152 valence electrons. The first-order valence-electron chi connectivity index (χ1n) is 9.49. The Morgan fingerprint density at radius 1 is 1.03 bits per heavy atom. The number of nitrogens with one attached hydrogen (secondary N) is 2. The van der Waals surface area contributed by atoms with Crippen LogP contribution in [0.3, 0.4) is 0 Å². The fraction of sp³-hybridized carbons (Fsp3) is 0.350. The molecule has 0 atom stereocenters. The van der Waals surface area contributed by atoms with Crippen molar-refractivity contribution in [3.63, 3.8) is 0 Å². The number of halogens is 3. The smallest absolute Gasteiger partial charge is 0.406 e. The third-order valence-corrected chi connectivity index (χ3v) is 5.47. The fourth-order valence-electron chi connectivity index (χ4n) is 3.95. The van der Waals surface area contributed by atoms with Gasteiger partial charge in [0.05, 0.1) is 0 Å². The largest absolute Gasteiger partial charge is 0.573 e. The van der Waals surface area contributed by atoms with Crippen LogP contribution in [0.5, 0.6) is 5.75 Å². The molecule has 9 heteroatoms. The molecule has 1 aliphatic heterocycles. The third-order valence-electron chi connectivity index (χ3n) is 5.47. The molecule has 0 radical (unpaired) electrons. The maximum atomic E-state index is 13.3. The first-order chi connectivity index (χ1) is 13.9. The molecular formula is C20H19F3N4O2. The summed E-state index contributed by atoms with van der Waals surface area (Å²) in [6.45, 7) is 1.47. The van der Waals surface area contributed by atoms with Gasteiger partial charge >= 0.3 is 6.36 Å². The van der Waals surface area contributed by atoms with Gasteiger partial charge in [0.25, 0.3) is 5.56 Å². The fourth-order valence-corrected chi connectivity index (χ4v) is 3.95. The number of fused-ring (bicyclic) bond motifs is 1. The molecule has 2 N–H and O–H groups in total. The van der Waals surface area contributed by atoms with Gasteiger partial charge in [0, 0.05) is 48.5 Å². The third kappa shape index (κ3) is 3.40. The summed E-state index contributed by atoms with van der Waals surface area (Å²) in [6, 6.07) is 7.70. The van der Waals surface area contributed by atoms with Crippen molar-refractivity contribution in [3.05, 3.63) is 58.6 Å². The SMILES string of the molecule is O=c1c2c(ccn2C2CC2)c(C2CNNC2)cn1-c1ccc(OC(F)(F)F)cc1. The van der Waals surface area contributed by atoms with Crippen LogP contribution in [0.1, 0.15) is 30.4 Å². The average molecular weight is 404 g/mol. The van der Waals surface area contributed by atoms with Crippen molar-refractivity contribution in [1.82, 2.24) is 20.0 Å². The highest BCUT2D eigenvalue weighted by molar-refractivity contribution is 5.84.